The first-order valence-electron chi connectivity index (χ1n) is 10.0. The summed E-state index contributed by atoms with van der Waals surface area (Å²) in [5.74, 6) is 0.700. The fourth-order valence-electron chi connectivity index (χ4n) is 2.94. The van der Waals surface area contributed by atoms with Crippen LogP contribution in [0.5, 0.6) is 0 Å². The maximum absolute atomic E-state index is 12.6. The van der Waals surface area contributed by atoms with Gasteiger partial charge in [0.2, 0.25) is 10.0 Å². The van der Waals surface area contributed by atoms with Crippen molar-refractivity contribution in [1.82, 2.24) is 19.7 Å². The number of methoxy groups -OCH3 is 1. The number of unbranched alkanes of at least 4 members (excludes halogenated alkanes) is 1. The standard InChI is InChI=1S/C18H33N5O5S.HI/c1-3-19-18(20-7-4-5-12-27-15-14-26-2)22-8-10-23(11-9-22)29(24,25)16-17-6-13-28-21-17;/h6,13H,3-5,7-12,14-16H2,1-2H3,(H,19,20);1H. The third kappa shape index (κ3) is 9.45. The minimum Gasteiger partial charge on any atom is -0.382 e. The molecule has 2 heterocycles. The fraction of sp³-hybridized carbons (Fsp3) is 0.778. The molecule has 30 heavy (non-hydrogen) atoms. The molecule has 0 atom stereocenters. The summed E-state index contributed by atoms with van der Waals surface area (Å²) in [4.78, 5) is 6.79. The Kier molecular flexibility index (Phi) is 13.5. The van der Waals surface area contributed by atoms with E-state index in [4.69, 9.17) is 14.0 Å². The van der Waals surface area contributed by atoms with Gasteiger partial charge in [-0.05, 0) is 19.8 Å². The SMILES string of the molecule is CCNC(=NCCCCOCCOC)N1CCN(S(=O)(=O)Cc2ccon2)CC1.I. The van der Waals surface area contributed by atoms with E-state index in [0.717, 1.165) is 25.3 Å². The number of nitrogens with zero attached hydrogens (tertiary/aromatic N) is 4. The van der Waals surface area contributed by atoms with Crippen LogP contribution in [0, 0.1) is 0 Å². The van der Waals surface area contributed by atoms with E-state index in [1.807, 2.05) is 6.92 Å². The molecule has 0 unspecified atom stereocenters. The first-order valence-corrected chi connectivity index (χ1v) is 11.6. The minimum atomic E-state index is -3.40. The van der Waals surface area contributed by atoms with Crippen molar-refractivity contribution in [3.63, 3.8) is 0 Å². The van der Waals surface area contributed by atoms with E-state index in [2.05, 4.69) is 20.4 Å². The summed E-state index contributed by atoms with van der Waals surface area (Å²) >= 11 is 0. The molecule has 1 N–H and O–H groups in total. The Morgan fingerprint density at radius 3 is 2.63 bits per heavy atom. The van der Waals surface area contributed by atoms with Crippen LogP contribution in [-0.4, -0.2) is 94.9 Å². The predicted molar refractivity (Wildman–Crippen MR) is 126 cm³/mol. The van der Waals surface area contributed by atoms with Gasteiger partial charge in [0.1, 0.15) is 12.0 Å². The normalized spacial score (nSPS) is 15.8. The predicted octanol–water partition coefficient (Wildman–Crippen LogP) is 1.15. The molecular formula is C18H34IN5O5S. The molecule has 1 aromatic rings. The summed E-state index contributed by atoms with van der Waals surface area (Å²) in [6.45, 7) is 7.50. The van der Waals surface area contributed by atoms with Crippen molar-refractivity contribution < 1.29 is 22.4 Å². The van der Waals surface area contributed by atoms with E-state index in [-0.39, 0.29) is 29.7 Å². The van der Waals surface area contributed by atoms with Gasteiger partial charge in [0.25, 0.3) is 0 Å². The Morgan fingerprint density at radius 1 is 1.23 bits per heavy atom. The summed E-state index contributed by atoms with van der Waals surface area (Å²) in [5.41, 5.74) is 0.425. The molecule has 0 saturated carbocycles. The lowest BCUT2D eigenvalue weighted by atomic mass is 10.3. The van der Waals surface area contributed by atoms with E-state index in [1.165, 1.54) is 10.6 Å². The molecule has 1 aliphatic heterocycles. The van der Waals surface area contributed by atoms with Crippen LogP contribution in [0.25, 0.3) is 0 Å². The van der Waals surface area contributed by atoms with Crippen LogP contribution in [0.3, 0.4) is 0 Å². The van der Waals surface area contributed by atoms with Gasteiger partial charge in [-0.2, -0.15) is 4.31 Å². The highest BCUT2D eigenvalue weighted by Gasteiger charge is 2.28. The molecule has 0 spiro atoms. The number of ether oxygens (including phenoxy) is 2. The van der Waals surface area contributed by atoms with Gasteiger partial charge in [0.15, 0.2) is 5.96 Å². The summed E-state index contributed by atoms with van der Waals surface area (Å²) < 4.78 is 41.7. The van der Waals surface area contributed by atoms with E-state index < -0.39 is 10.0 Å². The molecule has 1 saturated heterocycles. The maximum Gasteiger partial charge on any atom is 0.220 e. The van der Waals surface area contributed by atoms with Crippen LogP contribution in [0.2, 0.25) is 0 Å². The highest BCUT2D eigenvalue weighted by molar-refractivity contribution is 14.0. The van der Waals surface area contributed by atoms with Crippen molar-refractivity contribution in [3.05, 3.63) is 18.0 Å². The topological polar surface area (TPSA) is 110 Å². The Bertz CT molecular complexity index is 694. The number of nitrogens with one attached hydrogen (secondary N) is 1. The van der Waals surface area contributed by atoms with E-state index >= 15 is 0 Å². The largest absolute Gasteiger partial charge is 0.382 e. The molecule has 0 bridgehead atoms. The van der Waals surface area contributed by atoms with Crippen molar-refractivity contribution in [1.29, 1.82) is 0 Å². The number of rotatable bonds is 12. The molecule has 12 heteroatoms. The van der Waals surface area contributed by atoms with Gasteiger partial charge in [-0.15, -0.1) is 24.0 Å². The molecule has 1 fully saturated rings. The minimum absolute atomic E-state index is 0. The van der Waals surface area contributed by atoms with Gasteiger partial charge in [0.05, 0.1) is 18.9 Å². The summed E-state index contributed by atoms with van der Waals surface area (Å²) in [6.07, 6.45) is 3.27. The third-order valence-electron chi connectivity index (χ3n) is 4.48. The van der Waals surface area contributed by atoms with Crippen molar-refractivity contribution in [2.24, 2.45) is 4.99 Å². The zero-order valence-corrected chi connectivity index (χ0v) is 20.9. The second-order valence-corrected chi connectivity index (χ2v) is 8.65. The average Bonchev–Trinajstić information content (AvgIpc) is 3.21. The van der Waals surface area contributed by atoms with Crippen LogP contribution in [0.4, 0.5) is 0 Å². The van der Waals surface area contributed by atoms with Crippen LogP contribution >= 0.6 is 24.0 Å². The number of aromatic nitrogens is 1. The van der Waals surface area contributed by atoms with Gasteiger partial charge in [-0.1, -0.05) is 5.16 Å². The Morgan fingerprint density at radius 2 is 2.00 bits per heavy atom. The molecule has 2 rings (SSSR count). The van der Waals surface area contributed by atoms with E-state index in [0.29, 0.717) is 58.2 Å². The lowest BCUT2D eigenvalue weighted by molar-refractivity contribution is 0.0690. The van der Waals surface area contributed by atoms with Gasteiger partial charge >= 0.3 is 0 Å². The lowest BCUT2D eigenvalue weighted by Gasteiger charge is -2.35. The molecule has 174 valence electrons. The van der Waals surface area contributed by atoms with Crippen molar-refractivity contribution in [2.75, 3.05) is 66.2 Å². The summed E-state index contributed by atoms with van der Waals surface area (Å²) in [5, 5.41) is 7.00. The molecule has 0 aromatic carbocycles. The zero-order chi connectivity index (χ0) is 21.0. The van der Waals surface area contributed by atoms with Crippen LogP contribution < -0.4 is 5.32 Å². The third-order valence-corrected chi connectivity index (χ3v) is 6.29. The second-order valence-electron chi connectivity index (χ2n) is 6.68. The lowest BCUT2D eigenvalue weighted by Crippen LogP contribution is -2.53. The molecule has 10 nitrogen and oxygen atoms in total. The Labute approximate surface area is 196 Å². The summed E-state index contributed by atoms with van der Waals surface area (Å²) in [6, 6.07) is 1.58. The number of aliphatic imine (C=N–C) groups is 1. The number of hydrogen-bond acceptors (Lipinski definition) is 7. The Hall–Kier alpha value is -0.960. The van der Waals surface area contributed by atoms with Crippen LogP contribution in [-0.2, 0) is 25.2 Å². The number of piperazine rings is 1. The molecule has 1 aromatic heterocycles. The fourth-order valence-corrected chi connectivity index (χ4v) is 4.36. The smallest absolute Gasteiger partial charge is 0.220 e. The van der Waals surface area contributed by atoms with Gasteiger partial charge in [-0.25, -0.2) is 8.42 Å². The molecule has 0 radical (unpaired) electrons. The van der Waals surface area contributed by atoms with Crippen molar-refractivity contribution in [2.45, 2.75) is 25.5 Å². The first kappa shape index (κ1) is 27.1. The highest BCUT2D eigenvalue weighted by Crippen LogP contribution is 2.13. The second kappa shape index (κ2) is 14.9. The molecular weight excluding hydrogens is 525 g/mol. The van der Waals surface area contributed by atoms with Crippen LogP contribution in [0.1, 0.15) is 25.5 Å². The van der Waals surface area contributed by atoms with Crippen molar-refractivity contribution >= 4 is 40.0 Å². The number of sulfonamides is 1. The summed E-state index contributed by atoms with van der Waals surface area (Å²) in [7, 11) is -1.74. The highest BCUT2D eigenvalue weighted by atomic mass is 127. The monoisotopic (exact) mass is 559 g/mol. The number of halogens is 1. The van der Waals surface area contributed by atoms with Gasteiger partial charge < -0.3 is 24.2 Å². The van der Waals surface area contributed by atoms with Gasteiger partial charge in [-0.3, -0.25) is 4.99 Å². The molecule has 0 aliphatic carbocycles. The average molecular weight is 559 g/mol. The Balaban J connectivity index is 0.00000450. The molecule has 1 aliphatic rings. The van der Waals surface area contributed by atoms with Gasteiger partial charge in [0, 0.05) is 59.1 Å². The van der Waals surface area contributed by atoms with Crippen molar-refractivity contribution in [3.8, 4) is 0 Å². The maximum atomic E-state index is 12.6. The number of hydrogen-bond donors (Lipinski definition) is 1. The van der Waals surface area contributed by atoms with E-state index in [1.54, 1.807) is 13.2 Å². The van der Waals surface area contributed by atoms with Crippen LogP contribution in [0.15, 0.2) is 21.8 Å². The van der Waals surface area contributed by atoms with E-state index in [9.17, 15) is 8.42 Å². The quantitative estimate of drug-likeness (QED) is 0.176. The first-order chi connectivity index (χ1) is 14.1. The zero-order valence-electron chi connectivity index (χ0n) is 17.8. The molecule has 0 amide bonds. The number of guanidine groups is 1.